The zero-order valence-corrected chi connectivity index (χ0v) is 20.5. The van der Waals surface area contributed by atoms with E-state index in [2.05, 4.69) is 0 Å². The normalized spacial score (nSPS) is 15.1. The quantitative estimate of drug-likeness (QED) is 0.395. The second-order valence-electron chi connectivity index (χ2n) is 10.0. The lowest BCUT2D eigenvalue weighted by molar-refractivity contribution is -0.137. The summed E-state index contributed by atoms with van der Waals surface area (Å²) < 4.78 is 41.8. The summed E-state index contributed by atoms with van der Waals surface area (Å²) >= 11 is 0. The molecule has 0 spiro atoms. The number of aryl methyl sites for hydroxylation is 1. The summed E-state index contributed by atoms with van der Waals surface area (Å²) in [6.07, 6.45) is 1.73. The van der Waals surface area contributed by atoms with Crippen LogP contribution < -0.4 is 9.47 Å². The lowest BCUT2D eigenvalue weighted by Crippen LogP contribution is -2.17. The van der Waals surface area contributed by atoms with Crippen molar-refractivity contribution in [2.24, 2.45) is 0 Å². The Morgan fingerprint density at radius 1 is 1.03 bits per heavy atom. The molecule has 1 N–H and O–H groups in total. The first kappa shape index (κ1) is 24.7. The number of fused-ring (bicyclic) bond motifs is 1. The van der Waals surface area contributed by atoms with Crippen molar-refractivity contribution in [1.82, 2.24) is 0 Å². The van der Waals surface area contributed by atoms with Crippen LogP contribution in [0.1, 0.15) is 61.8 Å². The maximum Gasteiger partial charge on any atom is 0.303 e. The van der Waals surface area contributed by atoms with Gasteiger partial charge in [0.2, 0.25) is 0 Å². The van der Waals surface area contributed by atoms with Crippen LogP contribution in [0.3, 0.4) is 0 Å². The van der Waals surface area contributed by atoms with E-state index in [0.29, 0.717) is 28.2 Å². The molecule has 0 saturated heterocycles. The average Bonchev–Trinajstić information content (AvgIpc) is 3.19. The number of aliphatic carboxylic acids is 1. The number of benzene rings is 3. The summed E-state index contributed by atoms with van der Waals surface area (Å²) in [5, 5.41) is 9.19. The molecule has 0 heterocycles. The smallest absolute Gasteiger partial charge is 0.303 e. The molecule has 0 aliphatic heterocycles. The Morgan fingerprint density at radius 2 is 1.77 bits per heavy atom. The predicted molar refractivity (Wildman–Crippen MR) is 131 cm³/mol. The zero-order chi connectivity index (χ0) is 25.3. The Hall–Kier alpha value is -3.41. The summed E-state index contributed by atoms with van der Waals surface area (Å²) in [4.78, 5) is 11.2. The van der Waals surface area contributed by atoms with Crippen LogP contribution in [0.5, 0.6) is 11.5 Å². The van der Waals surface area contributed by atoms with Crippen molar-refractivity contribution in [3.63, 3.8) is 0 Å². The summed E-state index contributed by atoms with van der Waals surface area (Å²) in [6, 6.07) is 13.5. The number of ether oxygens (including phenoxy) is 2. The van der Waals surface area contributed by atoms with Gasteiger partial charge >= 0.3 is 5.97 Å². The molecule has 6 heteroatoms. The number of hydrogen-bond donors (Lipinski definition) is 1. The molecule has 1 atom stereocenters. The summed E-state index contributed by atoms with van der Waals surface area (Å²) in [5.74, 6) is -0.672. The van der Waals surface area contributed by atoms with E-state index in [0.717, 1.165) is 24.0 Å². The second-order valence-corrected chi connectivity index (χ2v) is 10.0. The fourth-order valence-electron chi connectivity index (χ4n) is 4.87. The summed E-state index contributed by atoms with van der Waals surface area (Å²) in [5.41, 5.74) is 3.06. The molecule has 3 aromatic rings. The van der Waals surface area contributed by atoms with Crippen LogP contribution >= 0.6 is 0 Å². The molecular formula is C29H30F2O4. The van der Waals surface area contributed by atoms with Gasteiger partial charge in [0.1, 0.15) is 29.7 Å². The minimum atomic E-state index is -0.821. The van der Waals surface area contributed by atoms with Crippen LogP contribution in [0, 0.1) is 11.6 Å². The van der Waals surface area contributed by atoms with Crippen molar-refractivity contribution in [3.8, 4) is 22.6 Å². The molecule has 184 valence electrons. The van der Waals surface area contributed by atoms with Crippen molar-refractivity contribution < 1.29 is 28.2 Å². The summed E-state index contributed by atoms with van der Waals surface area (Å²) in [6.45, 7) is 5.67. The maximum absolute atomic E-state index is 15.9. The molecule has 35 heavy (non-hydrogen) atoms. The van der Waals surface area contributed by atoms with E-state index in [9.17, 15) is 14.3 Å². The van der Waals surface area contributed by atoms with Crippen LogP contribution in [-0.2, 0) is 23.2 Å². The fraction of sp³-hybridized carbons (Fsp3) is 0.345. The first-order valence-electron chi connectivity index (χ1n) is 11.7. The molecule has 4 nitrogen and oxygen atoms in total. The van der Waals surface area contributed by atoms with Crippen molar-refractivity contribution in [3.05, 3.63) is 82.4 Å². The lowest BCUT2D eigenvalue weighted by Gasteiger charge is -2.25. The molecule has 0 aromatic heterocycles. The molecule has 4 rings (SSSR count). The van der Waals surface area contributed by atoms with Gasteiger partial charge in [-0.3, -0.25) is 4.79 Å². The van der Waals surface area contributed by atoms with Crippen LogP contribution in [0.2, 0.25) is 0 Å². The standard InChI is InChI=1S/C29H30F2O4/c1-29(2,3)27-22(24-14-20(34-4)10-12-25(24)30)11-8-19(28(27)31)16-35-21-9-7-17-5-6-18(13-26(32)33)23(17)15-21/h7-12,14-15,18H,5-6,13,16H2,1-4H3,(H,32,33)/t18-/m1/s1. The SMILES string of the molecule is COc1ccc(F)c(-c2ccc(COc3ccc4c(c3)[C@@H](CC(=O)O)CC4)c(F)c2C(C)(C)C)c1. The van der Waals surface area contributed by atoms with Crippen LogP contribution in [-0.4, -0.2) is 18.2 Å². The highest BCUT2D eigenvalue weighted by molar-refractivity contribution is 5.71. The van der Waals surface area contributed by atoms with E-state index < -0.39 is 23.0 Å². The third-order valence-electron chi connectivity index (χ3n) is 6.57. The Bertz CT molecular complexity index is 1260. The molecular weight excluding hydrogens is 450 g/mol. The number of carbonyl (C=O) groups is 1. The third kappa shape index (κ3) is 5.16. The predicted octanol–water partition coefficient (Wildman–Crippen LogP) is 7.02. The van der Waals surface area contributed by atoms with Gasteiger partial charge in [-0.05, 0) is 71.2 Å². The number of hydrogen-bond acceptors (Lipinski definition) is 3. The highest BCUT2D eigenvalue weighted by atomic mass is 19.1. The average molecular weight is 481 g/mol. The van der Waals surface area contributed by atoms with Gasteiger partial charge < -0.3 is 14.6 Å². The van der Waals surface area contributed by atoms with E-state index in [1.807, 2.05) is 39.0 Å². The fourth-order valence-corrected chi connectivity index (χ4v) is 4.87. The number of methoxy groups -OCH3 is 1. The largest absolute Gasteiger partial charge is 0.497 e. The Morgan fingerprint density at radius 3 is 2.46 bits per heavy atom. The van der Waals surface area contributed by atoms with Crippen molar-refractivity contribution >= 4 is 5.97 Å². The van der Waals surface area contributed by atoms with Crippen LogP contribution in [0.25, 0.3) is 11.1 Å². The Kier molecular flexibility index (Phi) is 6.84. The second kappa shape index (κ2) is 9.68. The minimum Gasteiger partial charge on any atom is -0.497 e. The number of halogens is 2. The molecule has 0 unspecified atom stereocenters. The third-order valence-corrected chi connectivity index (χ3v) is 6.57. The maximum atomic E-state index is 15.9. The molecule has 1 aliphatic rings. The zero-order valence-electron chi connectivity index (χ0n) is 20.5. The number of carboxylic acids is 1. The van der Waals surface area contributed by atoms with Gasteiger partial charge in [-0.2, -0.15) is 0 Å². The highest BCUT2D eigenvalue weighted by Gasteiger charge is 2.28. The Balaban J connectivity index is 1.65. The molecule has 0 bridgehead atoms. The molecule has 0 fully saturated rings. The molecule has 0 saturated carbocycles. The van der Waals surface area contributed by atoms with Gasteiger partial charge in [-0.1, -0.05) is 39.0 Å². The number of carboxylic acid groups (broad SMARTS) is 1. The van der Waals surface area contributed by atoms with Gasteiger partial charge in [0, 0.05) is 16.7 Å². The molecule has 0 amide bonds. The van der Waals surface area contributed by atoms with E-state index >= 15 is 4.39 Å². The van der Waals surface area contributed by atoms with Crippen molar-refractivity contribution in [1.29, 1.82) is 0 Å². The highest BCUT2D eigenvalue weighted by Crippen LogP contribution is 2.40. The van der Waals surface area contributed by atoms with Gasteiger partial charge in [0.25, 0.3) is 0 Å². The van der Waals surface area contributed by atoms with Crippen LogP contribution in [0.4, 0.5) is 8.78 Å². The first-order valence-corrected chi connectivity index (χ1v) is 11.7. The molecule has 0 radical (unpaired) electrons. The van der Waals surface area contributed by atoms with Gasteiger partial charge in [-0.25, -0.2) is 8.78 Å². The topological polar surface area (TPSA) is 55.8 Å². The van der Waals surface area contributed by atoms with Gasteiger partial charge in [0.05, 0.1) is 13.5 Å². The molecule has 3 aromatic carbocycles. The lowest BCUT2D eigenvalue weighted by atomic mass is 9.80. The van der Waals surface area contributed by atoms with Crippen molar-refractivity contribution in [2.45, 2.75) is 58.0 Å². The van der Waals surface area contributed by atoms with Crippen LogP contribution in [0.15, 0.2) is 48.5 Å². The van der Waals surface area contributed by atoms with Gasteiger partial charge in [0.15, 0.2) is 0 Å². The van der Waals surface area contributed by atoms with E-state index in [1.165, 1.54) is 19.2 Å². The van der Waals surface area contributed by atoms with E-state index in [-0.39, 0.29) is 24.5 Å². The molecule has 1 aliphatic carbocycles. The van der Waals surface area contributed by atoms with Gasteiger partial charge in [-0.15, -0.1) is 0 Å². The minimum absolute atomic E-state index is 0.00182. The Labute approximate surface area is 204 Å². The first-order chi connectivity index (χ1) is 16.6. The van der Waals surface area contributed by atoms with E-state index in [4.69, 9.17) is 9.47 Å². The summed E-state index contributed by atoms with van der Waals surface area (Å²) in [7, 11) is 1.51. The van der Waals surface area contributed by atoms with E-state index in [1.54, 1.807) is 18.2 Å². The van der Waals surface area contributed by atoms with Crippen molar-refractivity contribution in [2.75, 3.05) is 7.11 Å². The number of rotatable bonds is 7. The monoisotopic (exact) mass is 480 g/mol.